The Morgan fingerprint density at radius 2 is 1.82 bits per heavy atom. The molecule has 2 aromatic carbocycles. The molecule has 0 radical (unpaired) electrons. The fourth-order valence-electron chi connectivity index (χ4n) is 2.48. The Morgan fingerprint density at radius 1 is 1.05 bits per heavy atom. The molecular formula is C17H16N2O3. The molecule has 3 aromatic rings. The average molecular weight is 296 g/mol. The quantitative estimate of drug-likeness (QED) is 0.560. The first-order chi connectivity index (χ1) is 10.5. The van der Waals surface area contributed by atoms with Gasteiger partial charge in [0.05, 0.1) is 18.5 Å². The van der Waals surface area contributed by atoms with Crippen LogP contribution in [0.5, 0.6) is 5.75 Å². The molecule has 3 rings (SSSR count). The van der Waals surface area contributed by atoms with E-state index in [1.54, 1.807) is 25.3 Å². The summed E-state index contributed by atoms with van der Waals surface area (Å²) in [6.45, 7) is 1.87. The van der Waals surface area contributed by atoms with Gasteiger partial charge in [0, 0.05) is 23.1 Å². The molecule has 112 valence electrons. The summed E-state index contributed by atoms with van der Waals surface area (Å²) in [6.07, 6.45) is 0. The smallest absolute Gasteiger partial charge is 0.336 e. The molecule has 0 bridgehead atoms. The van der Waals surface area contributed by atoms with Crippen LogP contribution < -0.4 is 21.8 Å². The van der Waals surface area contributed by atoms with E-state index < -0.39 is 0 Å². The summed E-state index contributed by atoms with van der Waals surface area (Å²) in [5, 5.41) is 0.853. The molecule has 22 heavy (non-hydrogen) atoms. The van der Waals surface area contributed by atoms with Crippen LogP contribution in [0.15, 0.2) is 45.6 Å². The minimum absolute atomic E-state index is 0.378. The first-order valence-corrected chi connectivity index (χ1v) is 6.77. The van der Waals surface area contributed by atoms with Crippen molar-refractivity contribution in [3.05, 3.63) is 52.4 Å². The number of nitrogens with two attached hydrogens (primary N) is 2. The maximum absolute atomic E-state index is 11.5. The minimum Gasteiger partial charge on any atom is -0.496 e. The number of anilines is 2. The number of ether oxygens (including phenoxy) is 1. The zero-order valence-corrected chi connectivity index (χ0v) is 12.3. The van der Waals surface area contributed by atoms with E-state index in [4.69, 9.17) is 20.6 Å². The number of hydrogen-bond donors (Lipinski definition) is 2. The van der Waals surface area contributed by atoms with Crippen LogP contribution in [-0.2, 0) is 0 Å². The van der Waals surface area contributed by atoms with Gasteiger partial charge in [0.2, 0.25) is 0 Å². The van der Waals surface area contributed by atoms with E-state index in [9.17, 15) is 4.79 Å². The average Bonchev–Trinajstić information content (AvgIpc) is 2.48. The Balaban J connectivity index is 2.32. The van der Waals surface area contributed by atoms with Gasteiger partial charge >= 0.3 is 5.63 Å². The summed E-state index contributed by atoms with van der Waals surface area (Å²) < 4.78 is 10.7. The second kappa shape index (κ2) is 5.11. The topological polar surface area (TPSA) is 91.5 Å². The lowest BCUT2D eigenvalue weighted by atomic mass is 10.00. The van der Waals surface area contributed by atoms with Crippen molar-refractivity contribution in [2.24, 2.45) is 0 Å². The molecule has 0 atom stereocenters. The molecular weight excluding hydrogens is 280 g/mol. The third kappa shape index (κ3) is 2.26. The lowest BCUT2D eigenvalue weighted by Gasteiger charge is -2.12. The molecule has 4 N–H and O–H groups in total. The van der Waals surface area contributed by atoms with E-state index >= 15 is 0 Å². The Hall–Kier alpha value is -2.95. The van der Waals surface area contributed by atoms with Gasteiger partial charge in [-0.15, -0.1) is 0 Å². The highest BCUT2D eigenvalue weighted by Crippen LogP contribution is 2.36. The van der Waals surface area contributed by atoms with Crippen molar-refractivity contribution in [2.45, 2.75) is 6.92 Å². The normalized spacial score (nSPS) is 10.8. The van der Waals surface area contributed by atoms with Gasteiger partial charge in [-0.3, -0.25) is 0 Å². The van der Waals surface area contributed by atoms with Gasteiger partial charge in [-0.1, -0.05) is 6.07 Å². The SMILES string of the molecule is COc1cc2oc(=O)cc(C)c2cc1-c1ccc(N)c(N)c1. The molecule has 0 aliphatic carbocycles. The van der Waals surface area contributed by atoms with Gasteiger partial charge in [-0.05, 0) is 36.2 Å². The number of aryl methyl sites for hydroxylation is 1. The van der Waals surface area contributed by atoms with Gasteiger partial charge in [0.15, 0.2) is 0 Å². The Morgan fingerprint density at radius 3 is 2.50 bits per heavy atom. The lowest BCUT2D eigenvalue weighted by molar-refractivity contribution is 0.415. The standard InChI is InChI=1S/C17H16N2O3/c1-9-5-17(20)22-16-8-15(21-2)12(7-11(9)16)10-3-4-13(18)14(19)6-10/h3-8H,18-19H2,1-2H3. The second-order valence-electron chi connectivity index (χ2n) is 5.14. The van der Waals surface area contributed by atoms with Crippen molar-refractivity contribution >= 4 is 22.3 Å². The fourth-order valence-corrected chi connectivity index (χ4v) is 2.48. The number of hydrogen-bond acceptors (Lipinski definition) is 5. The largest absolute Gasteiger partial charge is 0.496 e. The molecule has 0 amide bonds. The van der Waals surface area contributed by atoms with Crippen LogP contribution in [0.25, 0.3) is 22.1 Å². The van der Waals surface area contributed by atoms with E-state index in [1.807, 2.05) is 19.1 Å². The molecule has 5 nitrogen and oxygen atoms in total. The third-order valence-electron chi connectivity index (χ3n) is 3.67. The van der Waals surface area contributed by atoms with E-state index in [0.29, 0.717) is 22.7 Å². The molecule has 0 unspecified atom stereocenters. The summed E-state index contributed by atoms with van der Waals surface area (Å²) >= 11 is 0. The number of nitrogen functional groups attached to an aromatic ring is 2. The maximum atomic E-state index is 11.5. The third-order valence-corrected chi connectivity index (χ3v) is 3.67. The molecule has 0 fully saturated rings. The number of rotatable bonds is 2. The van der Waals surface area contributed by atoms with Crippen LogP contribution in [0, 0.1) is 6.92 Å². The molecule has 0 saturated heterocycles. The number of benzene rings is 2. The highest BCUT2D eigenvalue weighted by molar-refractivity contribution is 5.90. The zero-order valence-electron chi connectivity index (χ0n) is 12.3. The monoisotopic (exact) mass is 296 g/mol. The Labute approximate surface area is 127 Å². The van der Waals surface area contributed by atoms with E-state index in [1.165, 1.54) is 6.07 Å². The van der Waals surface area contributed by atoms with Gasteiger partial charge in [-0.2, -0.15) is 0 Å². The lowest BCUT2D eigenvalue weighted by Crippen LogP contribution is -1.99. The van der Waals surface area contributed by atoms with Crippen LogP contribution in [0.1, 0.15) is 5.56 Å². The number of methoxy groups -OCH3 is 1. The van der Waals surface area contributed by atoms with Crippen LogP contribution in [0.4, 0.5) is 11.4 Å². The highest BCUT2D eigenvalue weighted by Gasteiger charge is 2.12. The van der Waals surface area contributed by atoms with Crippen molar-refractivity contribution in [1.29, 1.82) is 0 Å². The summed E-state index contributed by atoms with van der Waals surface area (Å²) in [7, 11) is 1.57. The van der Waals surface area contributed by atoms with Crippen LogP contribution in [-0.4, -0.2) is 7.11 Å². The van der Waals surface area contributed by atoms with Crippen molar-refractivity contribution < 1.29 is 9.15 Å². The van der Waals surface area contributed by atoms with E-state index in [0.717, 1.165) is 22.1 Å². The molecule has 5 heteroatoms. The predicted molar refractivity (Wildman–Crippen MR) is 88.0 cm³/mol. The van der Waals surface area contributed by atoms with Crippen molar-refractivity contribution in [3.8, 4) is 16.9 Å². The Bertz CT molecular complexity index is 929. The maximum Gasteiger partial charge on any atom is 0.336 e. The van der Waals surface area contributed by atoms with Crippen LogP contribution in [0.3, 0.4) is 0 Å². The van der Waals surface area contributed by atoms with Gasteiger partial charge < -0.3 is 20.6 Å². The summed E-state index contributed by atoms with van der Waals surface area (Å²) in [5.41, 5.74) is 15.4. The van der Waals surface area contributed by atoms with Crippen molar-refractivity contribution in [3.63, 3.8) is 0 Å². The fraction of sp³-hybridized carbons (Fsp3) is 0.118. The van der Waals surface area contributed by atoms with Crippen molar-refractivity contribution in [1.82, 2.24) is 0 Å². The molecule has 0 spiro atoms. The van der Waals surface area contributed by atoms with Gasteiger partial charge in [0.1, 0.15) is 11.3 Å². The molecule has 0 saturated carbocycles. The van der Waals surface area contributed by atoms with Crippen LogP contribution >= 0.6 is 0 Å². The predicted octanol–water partition coefficient (Wildman–Crippen LogP) is 2.94. The summed E-state index contributed by atoms with van der Waals surface area (Å²) in [5.74, 6) is 0.602. The van der Waals surface area contributed by atoms with E-state index in [-0.39, 0.29) is 5.63 Å². The number of fused-ring (bicyclic) bond motifs is 1. The summed E-state index contributed by atoms with van der Waals surface area (Å²) in [4.78, 5) is 11.5. The molecule has 1 aromatic heterocycles. The summed E-state index contributed by atoms with van der Waals surface area (Å²) in [6, 6.07) is 10.5. The first-order valence-electron chi connectivity index (χ1n) is 6.77. The zero-order chi connectivity index (χ0) is 15.9. The van der Waals surface area contributed by atoms with Gasteiger partial charge in [-0.25, -0.2) is 4.79 Å². The highest BCUT2D eigenvalue weighted by atomic mass is 16.5. The Kier molecular flexibility index (Phi) is 3.25. The first kappa shape index (κ1) is 14.0. The van der Waals surface area contributed by atoms with Crippen molar-refractivity contribution in [2.75, 3.05) is 18.6 Å². The molecule has 1 heterocycles. The second-order valence-corrected chi connectivity index (χ2v) is 5.14. The minimum atomic E-state index is -0.378. The van der Waals surface area contributed by atoms with E-state index in [2.05, 4.69) is 0 Å². The van der Waals surface area contributed by atoms with Crippen LogP contribution in [0.2, 0.25) is 0 Å². The molecule has 0 aliphatic rings. The van der Waals surface area contributed by atoms with Gasteiger partial charge in [0.25, 0.3) is 0 Å². The molecule has 0 aliphatic heterocycles.